The lowest BCUT2D eigenvalue weighted by Crippen LogP contribution is -2.34. The third kappa shape index (κ3) is 4.57. The second-order valence-corrected chi connectivity index (χ2v) is 6.04. The van der Waals surface area contributed by atoms with Crippen molar-refractivity contribution in [1.29, 1.82) is 0 Å². The molecule has 1 amide bonds. The Labute approximate surface area is 138 Å². The van der Waals surface area contributed by atoms with Crippen LogP contribution in [-0.4, -0.2) is 45.5 Å². The molecule has 0 saturated heterocycles. The molecule has 0 unspecified atom stereocenters. The number of nitrogens with zero attached hydrogens (tertiary/aromatic N) is 2. The van der Waals surface area contributed by atoms with Gasteiger partial charge in [-0.15, -0.1) is 0 Å². The van der Waals surface area contributed by atoms with E-state index in [9.17, 15) is 4.79 Å². The number of anilines is 1. The third-order valence-electron chi connectivity index (χ3n) is 3.91. The molecular weight excluding hydrogens is 286 g/mol. The van der Waals surface area contributed by atoms with Crippen LogP contribution in [-0.2, 0) is 0 Å². The molecule has 0 spiro atoms. The number of nitrogens with one attached hydrogen (secondary N) is 1. The van der Waals surface area contributed by atoms with Crippen LogP contribution in [0.5, 0.6) is 0 Å². The normalized spacial score (nSPS) is 12.0. The summed E-state index contributed by atoms with van der Waals surface area (Å²) in [6.07, 6.45) is 0. The Morgan fingerprint density at radius 2 is 1.57 bits per heavy atom. The van der Waals surface area contributed by atoms with Gasteiger partial charge in [0, 0.05) is 31.9 Å². The third-order valence-corrected chi connectivity index (χ3v) is 3.91. The van der Waals surface area contributed by atoms with Crippen LogP contribution in [0.2, 0.25) is 0 Å². The highest BCUT2D eigenvalue weighted by Gasteiger charge is 2.16. The Balaban J connectivity index is 2.05. The fraction of sp³-hybridized carbons (Fsp3) is 0.316. The van der Waals surface area contributed by atoms with E-state index in [4.69, 9.17) is 0 Å². The summed E-state index contributed by atoms with van der Waals surface area (Å²) < 4.78 is 0. The summed E-state index contributed by atoms with van der Waals surface area (Å²) in [5, 5.41) is 3.03. The molecule has 0 aliphatic carbocycles. The van der Waals surface area contributed by atoms with Crippen molar-refractivity contribution >= 4 is 11.6 Å². The molecule has 0 aliphatic heterocycles. The van der Waals surface area contributed by atoms with Gasteiger partial charge in [0.2, 0.25) is 0 Å². The van der Waals surface area contributed by atoms with E-state index >= 15 is 0 Å². The van der Waals surface area contributed by atoms with Gasteiger partial charge >= 0.3 is 0 Å². The summed E-state index contributed by atoms with van der Waals surface area (Å²) in [5.41, 5.74) is 3.04. The van der Waals surface area contributed by atoms with Crippen molar-refractivity contribution in [1.82, 2.24) is 10.2 Å². The molecule has 23 heavy (non-hydrogen) atoms. The van der Waals surface area contributed by atoms with Crippen molar-refractivity contribution in [2.24, 2.45) is 0 Å². The Morgan fingerprint density at radius 1 is 0.957 bits per heavy atom. The van der Waals surface area contributed by atoms with Crippen LogP contribution >= 0.6 is 0 Å². The minimum atomic E-state index is -0.0395. The summed E-state index contributed by atoms with van der Waals surface area (Å²) in [5.74, 6) is -0.0395. The second kappa shape index (κ2) is 7.79. The maximum Gasteiger partial charge on any atom is 0.251 e. The largest absolute Gasteiger partial charge is 0.378 e. The number of carbonyl (C=O) groups is 1. The Morgan fingerprint density at radius 3 is 2.09 bits per heavy atom. The lowest BCUT2D eigenvalue weighted by atomic mass is 10.0. The fourth-order valence-corrected chi connectivity index (χ4v) is 2.47. The first-order valence-corrected chi connectivity index (χ1v) is 7.76. The van der Waals surface area contributed by atoms with Gasteiger partial charge in [0.1, 0.15) is 0 Å². The first kappa shape index (κ1) is 17.0. The lowest BCUT2D eigenvalue weighted by molar-refractivity contribution is 0.0942. The number of carbonyl (C=O) groups excluding carboxylic acids is 1. The molecule has 0 fully saturated rings. The van der Waals surface area contributed by atoms with E-state index in [1.807, 2.05) is 58.5 Å². The predicted octanol–water partition coefficient (Wildman–Crippen LogP) is 2.79. The molecule has 1 atom stereocenters. The molecule has 0 heterocycles. The van der Waals surface area contributed by atoms with Crippen LogP contribution in [0.4, 0.5) is 5.69 Å². The van der Waals surface area contributed by atoms with Crippen LogP contribution in [0.25, 0.3) is 0 Å². The van der Waals surface area contributed by atoms with Gasteiger partial charge in [0.05, 0.1) is 6.04 Å². The van der Waals surface area contributed by atoms with Crippen LogP contribution < -0.4 is 10.2 Å². The van der Waals surface area contributed by atoms with E-state index in [1.165, 1.54) is 11.3 Å². The summed E-state index contributed by atoms with van der Waals surface area (Å²) in [7, 11) is 8.11. The number of hydrogen-bond donors (Lipinski definition) is 1. The Hall–Kier alpha value is -2.33. The second-order valence-electron chi connectivity index (χ2n) is 6.04. The highest BCUT2D eigenvalue weighted by Crippen LogP contribution is 2.21. The molecule has 122 valence electrons. The minimum absolute atomic E-state index is 0.0395. The molecule has 2 aromatic rings. The van der Waals surface area contributed by atoms with E-state index in [1.54, 1.807) is 0 Å². The zero-order chi connectivity index (χ0) is 16.8. The lowest BCUT2D eigenvalue weighted by Gasteiger charge is -2.25. The van der Waals surface area contributed by atoms with Gasteiger partial charge in [-0.25, -0.2) is 0 Å². The van der Waals surface area contributed by atoms with Gasteiger partial charge in [-0.1, -0.05) is 30.3 Å². The van der Waals surface area contributed by atoms with Gasteiger partial charge < -0.3 is 15.1 Å². The van der Waals surface area contributed by atoms with Crippen LogP contribution in [0.1, 0.15) is 22.0 Å². The fourth-order valence-electron chi connectivity index (χ4n) is 2.47. The molecule has 1 N–H and O–H groups in total. The van der Waals surface area contributed by atoms with E-state index in [0.29, 0.717) is 12.1 Å². The van der Waals surface area contributed by atoms with Crippen molar-refractivity contribution in [3.63, 3.8) is 0 Å². The first-order chi connectivity index (χ1) is 11.0. The first-order valence-electron chi connectivity index (χ1n) is 7.76. The topological polar surface area (TPSA) is 35.6 Å². The summed E-state index contributed by atoms with van der Waals surface area (Å²) >= 11 is 0. The molecule has 0 aliphatic rings. The highest BCUT2D eigenvalue weighted by molar-refractivity contribution is 5.94. The van der Waals surface area contributed by atoms with Crippen LogP contribution in [0.15, 0.2) is 54.6 Å². The highest BCUT2D eigenvalue weighted by atomic mass is 16.1. The SMILES string of the molecule is CN(C)c1ccc([C@@H](CNC(=O)c2ccccc2)N(C)C)cc1. The molecule has 0 saturated carbocycles. The van der Waals surface area contributed by atoms with Crippen molar-refractivity contribution in [2.75, 3.05) is 39.6 Å². The molecule has 4 heteroatoms. The summed E-state index contributed by atoms with van der Waals surface area (Å²) in [6, 6.07) is 17.9. The molecule has 4 nitrogen and oxygen atoms in total. The minimum Gasteiger partial charge on any atom is -0.378 e. The maximum atomic E-state index is 12.2. The average molecular weight is 311 g/mol. The van der Waals surface area contributed by atoms with Crippen molar-refractivity contribution in [3.8, 4) is 0 Å². The number of rotatable bonds is 6. The summed E-state index contributed by atoms with van der Waals surface area (Å²) in [4.78, 5) is 16.4. The standard InChI is InChI=1S/C19H25N3O/c1-21(2)17-12-10-15(11-13-17)18(22(3)4)14-20-19(23)16-8-6-5-7-9-16/h5-13,18H,14H2,1-4H3,(H,20,23)/t18-/m1/s1. The monoisotopic (exact) mass is 311 g/mol. The van der Waals surface area contributed by atoms with Gasteiger partial charge in [0.25, 0.3) is 5.91 Å². The molecule has 0 radical (unpaired) electrons. The molecule has 0 aromatic heterocycles. The van der Waals surface area contributed by atoms with Crippen LogP contribution in [0.3, 0.4) is 0 Å². The Bertz CT molecular complexity index is 621. The van der Waals surface area contributed by atoms with Crippen molar-refractivity contribution in [3.05, 3.63) is 65.7 Å². The molecule has 2 aromatic carbocycles. The van der Waals surface area contributed by atoms with E-state index in [-0.39, 0.29) is 11.9 Å². The maximum absolute atomic E-state index is 12.2. The van der Waals surface area contributed by atoms with Gasteiger partial charge in [-0.05, 0) is 43.9 Å². The summed E-state index contributed by atoms with van der Waals surface area (Å²) in [6.45, 7) is 0.571. The smallest absolute Gasteiger partial charge is 0.251 e. The van der Waals surface area contributed by atoms with Crippen molar-refractivity contribution in [2.45, 2.75) is 6.04 Å². The van der Waals surface area contributed by atoms with E-state index < -0.39 is 0 Å². The zero-order valence-corrected chi connectivity index (χ0v) is 14.3. The molecule has 2 rings (SSSR count). The molecule has 0 bridgehead atoms. The van der Waals surface area contributed by atoms with E-state index in [0.717, 1.165) is 0 Å². The van der Waals surface area contributed by atoms with Crippen molar-refractivity contribution < 1.29 is 4.79 Å². The number of hydrogen-bond acceptors (Lipinski definition) is 3. The number of benzene rings is 2. The van der Waals surface area contributed by atoms with Gasteiger partial charge in [-0.2, -0.15) is 0 Å². The average Bonchev–Trinajstić information content (AvgIpc) is 2.55. The van der Waals surface area contributed by atoms with Gasteiger partial charge in [-0.3, -0.25) is 4.79 Å². The van der Waals surface area contributed by atoms with Crippen LogP contribution in [0, 0.1) is 0 Å². The number of amides is 1. The van der Waals surface area contributed by atoms with Gasteiger partial charge in [0.15, 0.2) is 0 Å². The predicted molar refractivity (Wildman–Crippen MR) is 96.0 cm³/mol. The zero-order valence-electron chi connectivity index (χ0n) is 14.3. The quantitative estimate of drug-likeness (QED) is 0.891. The Kier molecular flexibility index (Phi) is 5.77. The number of likely N-dealkylation sites (N-methyl/N-ethyl adjacent to an activating group) is 1. The molecular formula is C19H25N3O. The van der Waals surface area contributed by atoms with E-state index in [2.05, 4.69) is 39.4 Å².